The zero-order valence-electron chi connectivity index (χ0n) is 13.4. The molecule has 0 aromatic rings. The van der Waals surface area contributed by atoms with Crippen molar-refractivity contribution in [3.8, 4) is 0 Å². The van der Waals surface area contributed by atoms with Crippen molar-refractivity contribution < 1.29 is 9.53 Å². The SMILES string of the molecule is CCOC(C(=O)C1CCCCC1CC)C1CCCCC1. The molecule has 0 bridgehead atoms. The van der Waals surface area contributed by atoms with Crippen molar-refractivity contribution in [1.82, 2.24) is 0 Å². The molecule has 3 atom stereocenters. The van der Waals surface area contributed by atoms with Gasteiger partial charge < -0.3 is 4.74 Å². The molecule has 20 heavy (non-hydrogen) atoms. The van der Waals surface area contributed by atoms with Crippen LogP contribution in [0.4, 0.5) is 0 Å². The minimum Gasteiger partial charge on any atom is -0.370 e. The molecule has 2 fully saturated rings. The van der Waals surface area contributed by atoms with E-state index in [-0.39, 0.29) is 12.0 Å². The second-order valence-electron chi connectivity index (χ2n) is 6.74. The normalized spacial score (nSPS) is 30.1. The van der Waals surface area contributed by atoms with Gasteiger partial charge in [0, 0.05) is 12.5 Å². The molecule has 116 valence electrons. The molecule has 2 aliphatic rings. The fourth-order valence-electron chi connectivity index (χ4n) is 4.35. The monoisotopic (exact) mass is 280 g/mol. The van der Waals surface area contributed by atoms with E-state index >= 15 is 0 Å². The third-order valence-electron chi connectivity index (χ3n) is 5.50. The maximum absolute atomic E-state index is 13.0. The van der Waals surface area contributed by atoms with Gasteiger partial charge in [-0.2, -0.15) is 0 Å². The number of ketones is 1. The van der Waals surface area contributed by atoms with Crippen LogP contribution in [0.2, 0.25) is 0 Å². The van der Waals surface area contributed by atoms with Crippen LogP contribution in [0.15, 0.2) is 0 Å². The van der Waals surface area contributed by atoms with Crippen molar-refractivity contribution >= 4 is 5.78 Å². The summed E-state index contributed by atoms with van der Waals surface area (Å²) in [7, 11) is 0. The van der Waals surface area contributed by atoms with Crippen molar-refractivity contribution in [3.05, 3.63) is 0 Å². The van der Waals surface area contributed by atoms with E-state index in [0.717, 1.165) is 12.8 Å². The van der Waals surface area contributed by atoms with Crippen molar-refractivity contribution in [1.29, 1.82) is 0 Å². The first kappa shape index (κ1) is 16.0. The Hall–Kier alpha value is -0.370. The van der Waals surface area contributed by atoms with Gasteiger partial charge in [-0.1, -0.05) is 45.4 Å². The van der Waals surface area contributed by atoms with Crippen LogP contribution in [0.1, 0.15) is 78.1 Å². The Morgan fingerprint density at radius 3 is 2.30 bits per heavy atom. The highest BCUT2D eigenvalue weighted by atomic mass is 16.5. The number of carbonyl (C=O) groups excluding carboxylic acids is 1. The van der Waals surface area contributed by atoms with Crippen LogP contribution in [0.3, 0.4) is 0 Å². The number of hydrogen-bond acceptors (Lipinski definition) is 2. The van der Waals surface area contributed by atoms with E-state index in [1.165, 1.54) is 51.4 Å². The van der Waals surface area contributed by atoms with Gasteiger partial charge in [0.2, 0.25) is 0 Å². The smallest absolute Gasteiger partial charge is 0.165 e. The van der Waals surface area contributed by atoms with Gasteiger partial charge in [0.1, 0.15) is 6.10 Å². The van der Waals surface area contributed by atoms with Gasteiger partial charge in [0.25, 0.3) is 0 Å². The molecule has 0 amide bonds. The van der Waals surface area contributed by atoms with E-state index in [1.54, 1.807) is 0 Å². The lowest BCUT2D eigenvalue weighted by molar-refractivity contribution is -0.142. The Kier molecular flexibility index (Phi) is 6.54. The number of Topliss-reactive ketones (excluding diaryl/α,β-unsaturated/α-hetero) is 1. The molecule has 2 heteroatoms. The third-order valence-corrected chi connectivity index (χ3v) is 5.50. The first-order valence-corrected chi connectivity index (χ1v) is 8.93. The highest BCUT2D eigenvalue weighted by Gasteiger charge is 2.38. The summed E-state index contributed by atoms with van der Waals surface area (Å²) in [5.74, 6) is 1.84. The molecule has 3 unspecified atom stereocenters. The predicted molar refractivity (Wildman–Crippen MR) is 82.7 cm³/mol. The minimum absolute atomic E-state index is 0.0996. The van der Waals surface area contributed by atoms with Gasteiger partial charge in [0.15, 0.2) is 5.78 Å². The van der Waals surface area contributed by atoms with Gasteiger partial charge in [0.05, 0.1) is 0 Å². The Bertz CT molecular complexity index is 294. The Balaban J connectivity index is 2.04. The van der Waals surface area contributed by atoms with Crippen LogP contribution in [-0.2, 0) is 9.53 Å². The Labute approximate surface area is 124 Å². The van der Waals surface area contributed by atoms with Gasteiger partial charge >= 0.3 is 0 Å². The van der Waals surface area contributed by atoms with E-state index in [4.69, 9.17) is 4.74 Å². The minimum atomic E-state index is -0.0996. The maximum atomic E-state index is 13.0. The van der Waals surface area contributed by atoms with E-state index in [2.05, 4.69) is 6.92 Å². The number of ether oxygens (including phenoxy) is 1. The average Bonchev–Trinajstić information content (AvgIpc) is 2.52. The summed E-state index contributed by atoms with van der Waals surface area (Å²) in [4.78, 5) is 13.0. The quantitative estimate of drug-likeness (QED) is 0.701. The van der Waals surface area contributed by atoms with E-state index in [1.807, 2.05) is 6.92 Å². The molecule has 2 nitrogen and oxygen atoms in total. The van der Waals surface area contributed by atoms with Crippen molar-refractivity contribution in [2.75, 3.05) is 6.61 Å². The summed E-state index contributed by atoms with van der Waals surface area (Å²) < 4.78 is 5.94. The summed E-state index contributed by atoms with van der Waals surface area (Å²) >= 11 is 0. The summed E-state index contributed by atoms with van der Waals surface area (Å²) in [5, 5.41) is 0. The Morgan fingerprint density at radius 1 is 1.00 bits per heavy atom. The van der Waals surface area contributed by atoms with Crippen LogP contribution < -0.4 is 0 Å². The second kappa shape index (κ2) is 8.17. The Morgan fingerprint density at radius 2 is 1.65 bits per heavy atom. The van der Waals surface area contributed by atoms with Crippen LogP contribution in [0, 0.1) is 17.8 Å². The van der Waals surface area contributed by atoms with Gasteiger partial charge in [-0.3, -0.25) is 4.79 Å². The van der Waals surface area contributed by atoms with E-state index < -0.39 is 0 Å². The fraction of sp³-hybridized carbons (Fsp3) is 0.944. The third kappa shape index (κ3) is 3.84. The molecule has 0 aromatic heterocycles. The molecule has 2 aliphatic carbocycles. The van der Waals surface area contributed by atoms with Crippen LogP contribution in [0.5, 0.6) is 0 Å². The van der Waals surface area contributed by atoms with E-state index in [9.17, 15) is 4.79 Å². The average molecular weight is 280 g/mol. The number of hydrogen-bond donors (Lipinski definition) is 0. The molecular formula is C18H32O2. The maximum Gasteiger partial charge on any atom is 0.165 e. The van der Waals surface area contributed by atoms with Crippen molar-refractivity contribution in [2.24, 2.45) is 17.8 Å². The molecule has 0 saturated heterocycles. The zero-order chi connectivity index (χ0) is 14.4. The predicted octanol–water partition coefficient (Wildman–Crippen LogP) is 4.76. The fourth-order valence-corrected chi connectivity index (χ4v) is 4.35. The lowest BCUT2D eigenvalue weighted by Gasteiger charge is -2.36. The van der Waals surface area contributed by atoms with Gasteiger partial charge in [-0.25, -0.2) is 0 Å². The van der Waals surface area contributed by atoms with Gasteiger partial charge in [-0.15, -0.1) is 0 Å². The largest absolute Gasteiger partial charge is 0.370 e. The number of carbonyl (C=O) groups is 1. The van der Waals surface area contributed by atoms with Crippen molar-refractivity contribution in [3.63, 3.8) is 0 Å². The summed E-state index contributed by atoms with van der Waals surface area (Å²) in [6.45, 7) is 4.95. The molecular weight excluding hydrogens is 248 g/mol. The van der Waals surface area contributed by atoms with Crippen LogP contribution in [0.25, 0.3) is 0 Å². The standard InChI is InChI=1S/C18H32O2/c1-3-14-10-8-9-13-16(14)17(19)18(20-4-2)15-11-6-5-7-12-15/h14-16,18H,3-13H2,1-2H3. The molecule has 0 spiro atoms. The van der Waals surface area contributed by atoms with E-state index in [0.29, 0.717) is 24.2 Å². The van der Waals surface area contributed by atoms with Gasteiger partial charge in [-0.05, 0) is 44.4 Å². The molecule has 0 N–H and O–H groups in total. The summed E-state index contributed by atoms with van der Waals surface area (Å²) in [6.07, 6.45) is 12.2. The van der Waals surface area contributed by atoms with Crippen LogP contribution in [-0.4, -0.2) is 18.5 Å². The molecule has 2 saturated carbocycles. The first-order chi connectivity index (χ1) is 9.77. The zero-order valence-corrected chi connectivity index (χ0v) is 13.4. The highest BCUT2D eigenvalue weighted by molar-refractivity contribution is 5.86. The lowest BCUT2D eigenvalue weighted by atomic mass is 9.72. The van der Waals surface area contributed by atoms with Crippen molar-refractivity contribution in [2.45, 2.75) is 84.2 Å². The molecule has 0 aliphatic heterocycles. The number of rotatable bonds is 6. The second-order valence-corrected chi connectivity index (χ2v) is 6.74. The highest BCUT2D eigenvalue weighted by Crippen LogP contribution is 2.37. The lowest BCUT2D eigenvalue weighted by Crippen LogP contribution is -2.41. The molecule has 2 rings (SSSR count). The first-order valence-electron chi connectivity index (χ1n) is 8.93. The topological polar surface area (TPSA) is 26.3 Å². The summed E-state index contributed by atoms with van der Waals surface area (Å²) in [5.41, 5.74) is 0. The molecule has 0 heterocycles. The van der Waals surface area contributed by atoms with Crippen LogP contribution >= 0.6 is 0 Å². The molecule has 0 aromatic carbocycles. The molecule has 0 radical (unpaired) electrons. The summed E-state index contributed by atoms with van der Waals surface area (Å²) in [6, 6.07) is 0.